The highest BCUT2D eigenvalue weighted by Gasteiger charge is 2.38. The average molecular weight is 347 g/mol. The number of sulfonamides is 1. The molecule has 0 saturated carbocycles. The topological polar surface area (TPSA) is 92.5 Å². The van der Waals surface area contributed by atoms with Crippen LogP contribution in [0.15, 0.2) is 27.6 Å². The molecule has 3 heterocycles. The van der Waals surface area contributed by atoms with Crippen molar-refractivity contribution in [1.82, 2.24) is 5.16 Å². The van der Waals surface area contributed by atoms with Gasteiger partial charge >= 0.3 is 0 Å². The van der Waals surface area contributed by atoms with Crippen molar-refractivity contribution in [2.75, 3.05) is 16.2 Å². The molecule has 4 rings (SSSR count). The van der Waals surface area contributed by atoms with Crippen molar-refractivity contribution in [2.45, 2.75) is 37.5 Å². The molecule has 0 fully saturated rings. The number of nitrogens with one attached hydrogen (secondary N) is 1. The lowest BCUT2D eigenvalue weighted by Gasteiger charge is -2.25. The minimum absolute atomic E-state index is 0.0422. The summed E-state index contributed by atoms with van der Waals surface area (Å²) in [6, 6.07) is 4.77. The number of hydrogen-bond acceptors (Lipinski definition) is 5. The first-order valence-corrected chi connectivity index (χ1v) is 9.29. The molecule has 1 aromatic heterocycles. The number of amides is 1. The molecule has 0 spiro atoms. The van der Waals surface area contributed by atoms with Crippen LogP contribution in [0.5, 0.6) is 0 Å². The lowest BCUT2D eigenvalue weighted by atomic mass is 9.97. The van der Waals surface area contributed by atoms with Gasteiger partial charge in [-0.1, -0.05) is 5.16 Å². The molecule has 1 amide bonds. The number of carbonyl (C=O) groups is 1. The Bertz CT molecular complexity index is 948. The zero-order chi connectivity index (χ0) is 17.1. The van der Waals surface area contributed by atoms with E-state index in [2.05, 4.69) is 9.88 Å². The first kappa shape index (κ1) is 15.2. The van der Waals surface area contributed by atoms with Gasteiger partial charge in [0.1, 0.15) is 5.76 Å². The third-order valence-electron chi connectivity index (χ3n) is 4.57. The van der Waals surface area contributed by atoms with Gasteiger partial charge in [0.2, 0.25) is 5.91 Å². The summed E-state index contributed by atoms with van der Waals surface area (Å²) >= 11 is 0. The summed E-state index contributed by atoms with van der Waals surface area (Å²) in [5.41, 5.74) is 2.59. The van der Waals surface area contributed by atoms with Gasteiger partial charge in [0, 0.05) is 12.6 Å². The van der Waals surface area contributed by atoms with Crippen molar-refractivity contribution in [3.05, 3.63) is 35.1 Å². The van der Waals surface area contributed by atoms with Gasteiger partial charge in [-0.3, -0.25) is 9.52 Å². The third kappa shape index (κ3) is 2.21. The number of aromatic nitrogens is 1. The number of anilines is 2. The molecule has 2 aliphatic heterocycles. The summed E-state index contributed by atoms with van der Waals surface area (Å²) < 4.78 is 32.7. The number of benzene rings is 1. The summed E-state index contributed by atoms with van der Waals surface area (Å²) in [6.07, 6.45) is 1.61. The summed E-state index contributed by atoms with van der Waals surface area (Å²) in [4.78, 5) is 14.3. The summed E-state index contributed by atoms with van der Waals surface area (Å²) in [6.45, 7) is 4.21. The second kappa shape index (κ2) is 5.07. The molecule has 1 aromatic carbocycles. The van der Waals surface area contributed by atoms with Crippen molar-refractivity contribution in [2.24, 2.45) is 0 Å². The van der Waals surface area contributed by atoms with Crippen LogP contribution in [0.1, 0.15) is 36.1 Å². The number of nitrogens with zero attached hydrogens (tertiary/aromatic N) is 2. The van der Waals surface area contributed by atoms with Crippen LogP contribution in [0.3, 0.4) is 0 Å². The Hall–Kier alpha value is -2.35. The van der Waals surface area contributed by atoms with Gasteiger partial charge in [0.25, 0.3) is 10.0 Å². The van der Waals surface area contributed by atoms with E-state index in [0.717, 1.165) is 29.7 Å². The van der Waals surface area contributed by atoms with Crippen LogP contribution in [0.25, 0.3) is 0 Å². The Morgan fingerprint density at radius 2 is 2.12 bits per heavy atom. The number of aryl methyl sites for hydroxylation is 2. The molecule has 8 heteroatoms. The number of rotatable bonds is 3. The van der Waals surface area contributed by atoms with E-state index in [0.29, 0.717) is 12.3 Å². The number of hydrogen-bond donors (Lipinski definition) is 1. The Balaban J connectivity index is 1.79. The molecular weight excluding hydrogens is 330 g/mol. The molecule has 1 N–H and O–H groups in total. The zero-order valence-corrected chi connectivity index (χ0v) is 14.2. The molecule has 2 aromatic rings. The highest BCUT2D eigenvalue weighted by molar-refractivity contribution is 7.92. The van der Waals surface area contributed by atoms with Crippen LogP contribution in [0.2, 0.25) is 0 Å². The van der Waals surface area contributed by atoms with Gasteiger partial charge < -0.3 is 9.42 Å². The van der Waals surface area contributed by atoms with E-state index in [1.54, 1.807) is 24.0 Å². The second-order valence-electron chi connectivity index (χ2n) is 6.26. The van der Waals surface area contributed by atoms with Gasteiger partial charge in [-0.2, -0.15) is 0 Å². The Morgan fingerprint density at radius 1 is 1.33 bits per heavy atom. The average Bonchev–Trinajstić information content (AvgIpc) is 3.05. The first-order valence-electron chi connectivity index (χ1n) is 7.81. The van der Waals surface area contributed by atoms with Crippen molar-refractivity contribution >= 4 is 27.4 Å². The van der Waals surface area contributed by atoms with E-state index in [-0.39, 0.29) is 22.5 Å². The van der Waals surface area contributed by atoms with Gasteiger partial charge in [0.15, 0.2) is 5.82 Å². The molecule has 2 aliphatic rings. The smallest absolute Gasteiger partial charge is 0.263 e. The minimum Gasteiger partial charge on any atom is -0.360 e. The monoisotopic (exact) mass is 347 g/mol. The van der Waals surface area contributed by atoms with E-state index in [4.69, 9.17) is 4.52 Å². The zero-order valence-electron chi connectivity index (χ0n) is 13.4. The normalized spacial score (nSPS) is 19.5. The fourth-order valence-corrected chi connectivity index (χ4v) is 4.50. The van der Waals surface area contributed by atoms with Crippen molar-refractivity contribution in [3.63, 3.8) is 0 Å². The summed E-state index contributed by atoms with van der Waals surface area (Å²) in [5, 5.41) is 3.66. The van der Waals surface area contributed by atoms with Gasteiger partial charge in [-0.05, 0) is 49.9 Å². The Labute approximate surface area is 139 Å². The van der Waals surface area contributed by atoms with Crippen LogP contribution in [-0.4, -0.2) is 26.0 Å². The Kier molecular flexibility index (Phi) is 3.21. The van der Waals surface area contributed by atoms with Gasteiger partial charge in [0.05, 0.1) is 16.5 Å². The highest BCUT2D eigenvalue weighted by Crippen LogP contribution is 2.44. The highest BCUT2D eigenvalue weighted by atomic mass is 32.2. The van der Waals surface area contributed by atoms with E-state index in [9.17, 15) is 13.2 Å². The quantitative estimate of drug-likeness (QED) is 0.919. The van der Waals surface area contributed by atoms with Crippen LogP contribution >= 0.6 is 0 Å². The SMILES string of the molecule is Cc1cc(NS(=O)(=O)c2cc3c4c(c2)[C@H](C)C(=O)N4CCC3)no1. The van der Waals surface area contributed by atoms with E-state index in [1.165, 1.54) is 6.07 Å². The third-order valence-corrected chi connectivity index (χ3v) is 5.90. The molecule has 24 heavy (non-hydrogen) atoms. The molecule has 0 radical (unpaired) electrons. The minimum atomic E-state index is -3.79. The maximum absolute atomic E-state index is 12.7. The van der Waals surface area contributed by atoms with Crippen LogP contribution in [-0.2, 0) is 21.2 Å². The predicted molar refractivity (Wildman–Crippen MR) is 87.6 cm³/mol. The molecule has 126 valence electrons. The molecule has 0 bridgehead atoms. The summed E-state index contributed by atoms with van der Waals surface area (Å²) in [5.74, 6) is 0.390. The van der Waals surface area contributed by atoms with Crippen LogP contribution in [0, 0.1) is 6.92 Å². The van der Waals surface area contributed by atoms with E-state index >= 15 is 0 Å². The maximum Gasteiger partial charge on any atom is 0.263 e. The molecule has 0 saturated heterocycles. The largest absolute Gasteiger partial charge is 0.360 e. The van der Waals surface area contributed by atoms with Crippen LogP contribution in [0.4, 0.5) is 11.5 Å². The fourth-order valence-electron chi connectivity index (χ4n) is 3.43. The fraction of sp³-hybridized carbons (Fsp3) is 0.375. The number of carbonyl (C=O) groups excluding carboxylic acids is 1. The van der Waals surface area contributed by atoms with Gasteiger partial charge in [-0.25, -0.2) is 8.42 Å². The van der Waals surface area contributed by atoms with Crippen molar-refractivity contribution < 1.29 is 17.7 Å². The first-order chi connectivity index (χ1) is 11.4. The molecule has 1 atom stereocenters. The lowest BCUT2D eigenvalue weighted by Crippen LogP contribution is -2.32. The van der Waals surface area contributed by atoms with Crippen LogP contribution < -0.4 is 9.62 Å². The molecular formula is C16H17N3O4S. The molecule has 0 unspecified atom stereocenters. The molecule has 0 aliphatic carbocycles. The van der Waals surface area contributed by atoms with Crippen molar-refractivity contribution in [1.29, 1.82) is 0 Å². The summed E-state index contributed by atoms with van der Waals surface area (Å²) in [7, 11) is -3.79. The van der Waals surface area contributed by atoms with Gasteiger partial charge in [-0.15, -0.1) is 0 Å². The standard InChI is InChI=1S/C16H17N3O4S/c1-9-6-14(17-23-9)18-24(21,22)12-7-11-4-3-5-19-15(11)13(8-12)10(2)16(19)20/h6-8,10H,3-5H2,1-2H3,(H,17,18)/t10-/m0/s1. The lowest BCUT2D eigenvalue weighted by molar-refractivity contribution is -0.119. The van der Waals surface area contributed by atoms with E-state index in [1.807, 2.05) is 6.92 Å². The molecule has 7 nitrogen and oxygen atoms in total. The Morgan fingerprint density at radius 3 is 2.83 bits per heavy atom. The second-order valence-corrected chi connectivity index (χ2v) is 7.95. The predicted octanol–water partition coefficient (Wildman–Crippen LogP) is 2.18. The maximum atomic E-state index is 12.7. The van der Waals surface area contributed by atoms with Crippen molar-refractivity contribution in [3.8, 4) is 0 Å². The van der Waals surface area contributed by atoms with E-state index < -0.39 is 10.0 Å².